The number of nitrogens with one attached hydrogen (secondary N) is 1. The smallest absolute Gasteiger partial charge is 0.240 e. The molecule has 1 aromatic rings. The number of sulfonamides is 1. The van der Waals surface area contributed by atoms with Crippen LogP contribution < -0.4 is 14.2 Å². The zero-order valence-electron chi connectivity index (χ0n) is 11.3. The van der Waals surface area contributed by atoms with E-state index in [2.05, 4.69) is 9.62 Å². The number of hydrogen-bond donors (Lipinski definition) is 1. The van der Waals surface area contributed by atoms with Gasteiger partial charge in [0.2, 0.25) is 16.8 Å². The number of hydrogen-bond acceptors (Lipinski definition) is 5. The molecule has 1 atom stereocenters. The van der Waals surface area contributed by atoms with Crippen molar-refractivity contribution in [3.63, 3.8) is 0 Å². The van der Waals surface area contributed by atoms with E-state index in [-0.39, 0.29) is 11.7 Å². The van der Waals surface area contributed by atoms with Gasteiger partial charge in [-0.3, -0.25) is 0 Å². The summed E-state index contributed by atoms with van der Waals surface area (Å²) in [5.74, 6) is 1.44. The Labute approximate surface area is 118 Å². The second-order valence-corrected chi connectivity index (χ2v) is 7.05. The number of ether oxygens (including phenoxy) is 2. The fourth-order valence-corrected chi connectivity index (χ4v) is 3.68. The van der Waals surface area contributed by atoms with Crippen molar-refractivity contribution in [2.45, 2.75) is 11.3 Å². The van der Waals surface area contributed by atoms with E-state index in [0.29, 0.717) is 24.0 Å². The molecule has 0 saturated carbocycles. The van der Waals surface area contributed by atoms with Gasteiger partial charge in [-0.1, -0.05) is 0 Å². The van der Waals surface area contributed by atoms with Gasteiger partial charge in [0, 0.05) is 19.2 Å². The molecule has 2 heterocycles. The number of likely N-dealkylation sites (tertiary alicyclic amines) is 1. The van der Waals surface area contributed by atoms with Crippen LogP contribution in [0.4, 0.5) is 0 Å². The molecule has 1 saturated heterocycles. The molecule has 1 N–H and O–H groups in total. The van der Waals surface area contributed by atoms with Crippen molar-refractivity contribution in [1.29, 1.82) is 0 Å². The highest BCUT2D eigenvalue weighted by atomic mass is 32.2. The van der Waals surface area contributed by atoms with Crippen molar-refractivity contribution in [3.05, 3.63) is 18.2 Å². The van der Waals surface area contributed by atoms with Crippen LogP contribution in [0.1, 0.15) is 6.42 Å². The Kier molecular flexibility index (Phi) is 3.57. The summed E-state index contributed by atoms with van der Waals surface area (Å²) in [7, 11) is -1.44. The lowest BCUT2D eigenvalue weighted by molar-refractivity contribution is 0.174. The lowest BCUT2D eigenvalue weighted by Crippen LogP contribution is -2.30. The van der Waals surface area contributed by atoms with E-state index in [4.69, 9.17) is 9.47 Å². The molecule has 110 valence electrons. The lowest BCUT2D eigenvalue weighted by atomic mass is 10.1. The van der Waals surface area contributed by atoms with E-state index >= 15 is 0 Å². The Balaban J connectivity index is 1.68. The first kappa shape index (κ1) is 13.7. The van der Waals surface area contributed by atoms with Crippen molar-refractivity contribution in [1.82, 2.24) is 9.62 Å². The van der Waals surface area contributed by atoms with Gasteiger partial charge >= 0.3 is 0 Å². The van der Waals surface area contributed by atoms with Gasteiger partial charge in [0.25, 0.3) is 0 Å². The van der Waals surface area contributed by atoms with E-state index in [1.165, 1.54) is 12.1 Å². The van der Waals surface area contributed by atoms with Gasteiger partial charge in [0.1, 0.15) is 0 Å². The largest absolute Gasteiger partial charge is 0.454 e. The van der Waals surface area contributed by atoms with Crippen LogP contribution in [0.15, 0.2) is 23.1 Å². The first-order valence-electron chi connectivity index (χ1n) is 6.62. The third-order valence-corrected chi connectivity index (χ3v) is 5.13. The van der Waals surface area contributed by atoms with Gasteiger partial charge < -0.3 is 14.4 Å². The highest BCUT2D eigenvalue weighted by molar-refractivity contribution is 7.89. The van der Waals surface area contributed by atoms with E-state index in [1.807, 2.05) is 7.05 Å². The number of benzene rings is 1. The van der Waals surface area contributed by atoms with Gasteiger partial charge in [-0.05, 0) is 38.1 Å². The SMILES string of the molecule is CN1CCC(CNS(=O)(=O)c2ccc3c(c2)OCO3)C1. The molecule has 6 nitrogen and oxygen atoms in total. The van der Waals surface area contributed by atoms with E-state index in [0.717, 1.165) is 19.5 Å². The molecule has 2 aliphatic rings. The van der Waals surface area contributed by atoms with E-state index in [1.54, 1.807) is 6.07 Å². The monoisotopic (exact) mass is 298 g/mol. The normalized spacial score (nSPS) is 22.4. The van der Waals surface area contributed by atoms with E-state index < -0.39 is 10.0 Å². The predicted octanol–water partition coefficient (Wildman–Crippen LogP) is 0.645. The fourth-order valence-electron chi connectivity index (χ4n) is 2.55. The molecule has 7 heteroatoms. The topological polar surface area (TPSA) is 67.9 Å². The molecular weight excluding hydrogens is 280 g/mol. The summed E-state index contributed by atoms with van der Waals surface area (Å²) in [5, 5.41) is 0. The Bertz CT molecular complexity index is 602. The fraction of sp³-hybridized carbons (Fsp3) is 0.538. The molecule has 3 rings (SSSR count). The summed E-state index contributed by atoms with van der Waals surface area (Å²) < 4.78 is 37.6. The molecule has 2 aliphatic heterocycles. The van der Waals surface area contributed by atoms with Crippen molar-refractivity contribution < 1.29 is 17.9 Å². The first-order valence-corrected chi connectivity index (χ1v) is 8.11. The van der Waals surface area contributed by atoms with Crippen LogP contribution in [0, 0.1) is 5.92 Å². The summed E-state index contributed by atoms with van der Waals surface area (Å²) in [6, 6.07) is 4.67. The summed E-state index contributed by atoms with van der Waals surface area (Å²) in [5.41, 5.74) is 0. The average Bonchev–Trinajstić information content (AvgIpc) is 3.04. The zero-order valence-corrected chi connectivity index (χ0v) is 12.1. The minimum Gasteiger partial charge on any atom is -0.454 e. The standard InChI is InChI=1S/C13H18N2O4S/c1-15-5-4-10(8-15)7-14-20(16,17)11-2-3-12-13(6-11)19-9-18-12/h2-3,6,10,14H,4-5,7-9H2,1H3. The van der Waals surface area contributed by atoms with Crippen LogP contribution in [-0.4, -0.2) is 46.8 Å². The summed E-state index contributed by atoms with van der Waals surface area (Å²) in [4.78, 5) is 2.42. The molecule has 1 aromatic carbocycles. The van der Waals surface area contributed by atoms with Gasteiger partial charge in [-0.25, -0.2) is 13.1 Å². The minimum atomic E-state index is -3.49. The molecule has 0 bridgehead atoms. The third-order valence-electron chi connectivity index (χ3n) is 3.71. The average molecular weight is 298 g/mol. The molecule has 0 radical (unpaired) electrons. The maximum Gasteiger partial charge on any atom is 0.240 e. The summed E-state index contributed by atoms with van der Waals surface area (Å²) in [6.45, 7) is 2.57. The Morgan fingerprint density at radius 1 is 1.35 bits per heavy atom. The predicted molar refractivity (Wildman–Crippen MR) is 73.4 cm³/mol. The highest BCUT2D eigenvalue weighted by Gasteiger charge is 2.24. The maximum absolute atomic E-state index is 12.2. The van der Waals surface area contributed by atoms with Crippen molar-refractivity contribution in [2.75, 3.05) is 33.5 Å². The lowest BCUT2D eigenvalue weighted by Gasteiger charge is -2.12. The highest BCUT2D eigenvalue weighted by Crippen LogP contribution is 2.33. The molecule has 1 unspecified atom stereocenters. The van der Waals surface area contributed by atoms with Crippen molar-refractivity contribution in [3.8, 4) is 11.5 Å². The molecule has 0 aliphatic carbocycles. The van der Waals surface area contributed by atoms with Crippen LogP contribution in [0.25, 0.3) is 0 Å². The Morgan fingerprint density at radius 3 is 2.90 bits per heavy atom. The molecule has 1 fully saturated rings. The summed E-state index contributed by atoms with van der Waals surface area (Å²) in [6.07, 6.45) is 1.03. The number of nitrogens with zero attached hydrogens (tertiary/aromatic N) is 1. The third kappa shape index (κ3) is 2.74. The quantitative estimate of drug-likeness (QED) is 0.884. The zero-order chi connectivity index (χ0) is 14.2. The van der Waals surface area contributed by atoms with Crippen LogP contribution in [0.5, 0.6) is 11.5 Å². The van der Waals surface area contributed by atoms with Crippen LogP contribution in [0.3, 0.4) is 0 Å². The Morgan fingerprint density at radius 2 is 2.15 bits per heavy atom. The van der Waals surface area contributed by atoms with Crippen LogP contribution in [-0.2, 0) is 10.0 Å². The molecule has 0 aromatic heterocycles. The van der Waals surface area contributed by atoms with Gasteiger partial charge in [0.15, 0.2) is 11.5 Å². The summed E-state index contributed by atoms with van der Waals surface area (Å²) >= 11 is 0. The van der Waals surface area contributed by atoms with Crippen molar-refractivity contribution >= 4 is 10.0 Å². The van der Waals surface area contributed by atoms with Crippen LogP contribution in [0.2, 0.25) is 0 Å². The van der Waals surface area contributed by atoms with Crippen LogP contribution >= 0.6 is 0 Å². The second kappa shape index (κ2) is 5.23. The second-order valence-electron chi connectivity index (χ2n) is 5.28. The number of fused-ring (bicyclic) bond motifs is 1. The number of rotatable bonds is 4. The molecular formula is C13H18N2O4S. The first-order chi connectivity index (χ1) is 9.54. The maximum atomic E-state index is 12.2. The minimum absolute atomic E-state index is 0.140. The molecule has 0 spiro atoms. The van der Waals surface area contributed by atoms with Crippen molar-refractivity contribution in [2.24, 2.45) is 5.92 Å². The Hall–Kier alpha value is -1.31. The van der Waals surface area contributed by atoms with Gasteiger partial charge in [-0.2, -0.15) is 0 Å². The molecule has 20 heavy (non-hydrogen) atoms. The molecule has 0 amide bonds. The van der Waals surface area contributed by atoms with E-state index in [9.17, 15) is 8.42 Å². The van der Waals surface area contributed by atoms with Gasteiger partial charge in [-0.15, -0.1) is 0 Å². The van der Waals surface area contributed by atoms with Gasteiger partial charge in [0.05, 0.1) is 4.90 Å².